The second-order valence-electron chi connectivity index (χ2n) is 3.73. The lowest BCUT2D eigenvalue weighted by atomic mass is 9.93. The SMILES string of the molecule is O=C1C=CC(c2cc(C(=O)O)ccc2F)C(=O)N1. The van der Waals surface area contributed by atoms with Crippen molar-refractivity contribution < 1.29 is 23.9 Å². The molecule has 0 saturated heterocycles. The summed E-state index contributed by atoms with van der Waals surface area (Å²) in [5.74, 6) is -4.16. The molecule has 2 amide bonds. The van der Waals surface area contributed by atoms with E-state index < -0.39 is 29.5 Å². The van der Waals surface area contributed by atoms with Gasteiger partial charge in [-0.3, -0.25) is 14.9 Å². The Balaban J connectivity index is 2.47. The number of aromatic carboxylic acids is 1. The summed E-state index contributed by atoms with van der Waals surface area (Å²) in [4.78, 5) is 33.2. The van der Waals surface area contributed by atoms with Crippen LogP contribution in [0.4, 0.5) is 4.39 Å². The van der Waals surface area contributed by atoms with Crippen LogP contribution in [0.25, 0.3) is 0 Å². The second kappa shape index (κ2) is 4.40. The number of carbonyl (C=O) groups excluding carboxylic acids is 2. The number of imide groups is 1. The number of carbonyl (C=O) groups is 3. The number of nitrogens with one attached hydrogen (secondary N) is 1. The molecular formula is C12H8FNO4. The van der Waals surface area contributed by atoms with E-state index in [4.69, 9.17) is 5.11 Å². The van der Waals surface area contributed by atoms with Gasteiger partial charge >= 0.3 is 5.97 Å². The highest BCUT2D eigenvalue weighted by Gasteiger charge is 2.26. The largest absolute Gasteiger partial charge is 0.478 e. The first-order valence-electron chi connectivity index (χ1n) is 5.05. The fourth-order valence-corrected chi connectivity index (χ4v) is 1.67. The summed E-state index contributed by atoms with van der Waals surface area (Å²) in [6.07, 6.45) is 2.35. The van der Waals surface area contributed by atoms with Crippen LogP contribution in [0.5, 0.6) is 0 Å². The zero-order valence-corrected chi connectivity index (χ0v) is 9.01. The van der Waals surface area contributed by atoms with Crippen LogP contribution in [-0.4, -0.2) is 22.9 Å². The second-order valence-corrected chi connectivity index (χ2v) is 3.73. The van der Waals surface area contributed by atoms with Gasteiger partial charge in [0.05, 0.1) is 11.5 Å². The van der Waals surface area contributed by atoms with E-state index in [1.165, 1.54) is 6.08 Å². The Bertz CT molecular complexity index is 579. The maximum Gasteiger partial charge on any atom is 0.335 e. The zero-order chi connectivity index (χ0) is 13.3. The molecule has 18 heavy (non-hydrogen) atoms. The molecule has 0 bridgehead atoms. The molecule has 1 aromatic rings. The van der Waals surface area contributed by atoms with Gasteiger partial charge < -0.3 is 5.11 Å². The van der Waals surface area contributed by atoms with Crippen LogP contribution in [0.2, 0.25) is 0 Å². The summed E-state index contributed by atoms with van der Waals surface area (Å²) in [6.45, 7) is 0. The van der Waals surface area contributed by atoms with Crippen molar-refractivity contribution in [2.45, 2.75) is 5.92 Å². The summed E-state index contributed by atoms with van der Waals surface area (Å²) in [6, 6.07) is 3.18. The summed E-state index contributed by atoms with van der Waals surface area (Å²) < 4.78 is 13.6. The Morgan fingerprint density at radius 1 is 1.33 bits per heavy atom. The zero-order valence-electron chi connectivity index (χ0n) is 9.01. The van der Waals surface area contributed by atoms with E-state index >= 15 is 0 Å². The molecule has 1 unspecified atom stereocenters. The van der Waals surface area contributed by atoms with Crippen molar-refractivity contribution in [3.63, 3.8) is 0 Å². The highest BCUT2D eigenvalue weighted by atomic mass is 19.1. The maximum absolute atomic E-state index is 13.6. The number of rotatable bonds is 2. The van der Waals surface area contributed by atoms with E-state index in [0.717, 1.165) is 24.3 Å². The molecule has 1 aliphatic rings. The molecular weight excluding hydrogens is 241 g/mol. The number of hydrogen-bond acceptors (Lipinski definition) is 3. The van der Waals surface area contributed by atoms with E-state index in [1.807, 2.05) is 5.32 Å². The Hall–Kier alpha value is -2.50. The van der Waals surface area contributed by atoms with Crippen LogP contribution < -0.4 is 5.32 Å². The van der Waals surface area contributed by atoms with Crippen molar-refractivity contribution in [1.29, 1.82) is 0 Å². The average molecular weight is 249 g/mol. The first kappa shape index (κ1) is 12.0. The first-order valence-corrected chi connectivity index (χ1v) is 5.05. The van der Waals surface area contributed by atoms with Gasteiger partial charge in [-0.15, -0.1) is 0 Å². The molecule has 5 nitrogen and oxygen atoms in total. The van der Waals surface area contributed by atoms with E-state index in [2.05, 4.69) is 0 Å². The molecule has 1 aromatic carbocycles. The predicted molar refractivity (Wildman–Crippen MR) is 58.4 cm³/mol. The van der Waals surface area contributed by atoms with Crippen LogP contribution in [0.3, 0.4) is 0 Å². The monoisotopic (exact) mass is 249 g/mol. The molecule has 6 heteroatoms. The number of hydrogen-bond donors (Lipinski definition) is 2. The van der Waals surface area contributed by atoms with Crippen LogP contribution in [0.1, 0.15) is 21.8 Å². The minimum atomic E-state index is -1.22. The molecule has 1 heterocycles. The van der Waals surface area contributed by atoms with Gasteiger partial charge in [0.25, 0.3) is 0 Å². The molecule has 0 spiro atoms. The minimum Gasteiger partial charge on any atom is -0.478 e. The summed E-state index contributed by atoms with van der Waals surface area (Å²) in [5.41, 5.74) is -0.194. The Labute approximate surface area is 101 Å². The predicted octanol–water partition coefficient (Wildman–Crippen LogP) is 0.820. The van der Waals surface area contributed by atoms with E-state index in [0.29, 0.717) is 0 Å². The number of halogens is 1. The Morgan fingerprint density at radius 2 is 2.06 bits per heavy atom. The van der Waals surface area contributed by atoms with Crippen molar-refractivity contribution in [2.24, 2.45) is 0 Å². The lowest BCUT2D eigenvalue weighted by Gasteiger charge is -2.17. The van der Waals surface area contributed by atoms with Crippen LogP contribution in [0, 0.1) is 5.82 Å². The summed E-state index contributed by atoms with van der Waals surface area (Å²) >= 11 is 0. The van der Waals surface area contributed by atoms with Gasteiger partial charge in [-0.2, -0.15) is 0 Å². The molecule has 0 fully saturated rings. The molecule has 92 valence electrons. The summed E-state index contributed by atoms with van der Waals surface area (Å²) in [5, 5.41) is 10.8. The van der Waals surface area contributed by atoms with Crippen molar-refractivity contribution >= 4 is 17.8 Å². The van der Waals surface area contributed by atoms with Crippen molar-refractivity contribution in [1.82, 2.24) is 5.32 Å². The average Bonchev–Trinajstić information content (AvgIpc) is 2.30. The molecule has 2 N–H and O–H groups in total. The fraction of sp³-hybridized carbons (Fsp3) is 0.0833. The van der Waals surface area contributed by atoms with E-state index in [1.54, 1.807) is 0 Å². The van der Waals surface area contributed by atoms with Crippen LogP contribution in [-0.2, 0) is 9.59 Å². The van der Waals surface area contributed by atoms with Gasteiger partial charge in [0.1, 0.15) is 5.82 Å². The van der Waals surface area contributed by atoms with Gasteiger partial charge in [0, 0.05) is 11.6 Å². The fourth-order valence-electron chi connectivity index (χ4n) is 1.67. The van der Waals surface area contributed by atoms with Gasteiger partial charge in [-0.25, -0.2) is 9.18 Å². The van der Waals surface area contributed by atoms with Gasteiger partial charge in [-0.05, 0) is 18.2 Å². The lowest BCUT2D eigenvalue weighted by Crippen LogP contribution is -2.36. The Kier molecular flexibility index (Phi) is 2.93. The molecule has 1 aliphatic heterocycles. The molecule has 0 aliphatic carbocycles. The topological polar surface area (TPSA) is 83.5 Å². The third-order valence-corrected chi connectivity index (χ3v) is 2.55. The number of benzene rings is 1. The highest BCUT2D eigenvalue weighted by molar-refractivity contribution is 6.07. The quantitative estimate of drug-likeness (QED) is 0.760. The first-order chi connectivity index (χ1) is 8.49. The third-order valence-electron chi connectivity index (χ3n) is 2.55. The van der Waals surface area contributed by atoms with Crippen molar-refractivity contribution in [3.8, 4) is 0 Å². The highest BCUT2D eigenvalue weighted by Crippen LogP contribution is 2.24. The molecule has 0 aromatic heterocycles. The van der Waals surface area contributed by atoms with Crippen molar-refractivity contribution in [2.75, 3.05) is 0 Å². The molecule has 0 radical (unpaired) electrons. The van der Waals surface area contributed by atoms with Crippen LogP contribution in [0.15, 0.2) is 30.4 Å². The van der Waals surface area contributed by atoms with Gasteiger partial charge in [0.15, 0.2) is 0 Å². The van der Waals surface area contributed by atoms with E-state index in [9.17, 15) is 18.8 Å². The lowest BCUT2D eigenvalue weighted by molar-refractivity contribution is -0.129. The standard InChI is InChI=1S/C12H8FNO4/c13-9-3-1-6(12(17)18)5-8(9)7-2-4-10(15)14-11(7)16/h1-5,7H,(H,17,18)(H,14,15,16). The number of amides is 2. The number of carboxylic acids is 1. The van der Waals surface area contributed by atoms with Crippen LogP contribution >= 0.6 is 0 Å². The maximum atomic E-state index is 13.6. The summed E-state index contributed by atoms with van der Waals surface area (Å²) in [7, 11) is 0. The van der Waals surface area contributed by atoms with E-state index in [-0.39, 0.29) is 11.1 Å². The third kappa shape index (κ3) is 2.13. The Morgan fingerprint density at radius 3 is 2.67 bits per heavy atom. The van der Waals surface area contributed by atoms with Gasteiger partial charge in [0.2, 0.25) is 11.8 Å². The molecule has 1 atom stereocenters. The minimum absolute atomic E-state index is 0.0730. The van der Waals surface area contributed by atoms with Gasteiger partial charge in [-0.1, -0.05) is 6.08 Å². The normalized spacial score (nSPS) is 18.6. The molecule has 2 rings (SSSR count). The van der Waals surface area contributed by atoms with Crippen molar-refractivity contribution in [3.05, 3.63) is 47.3 Å². The molecule has 0 saturated carbocycles. The number of carboxylic acid groups (broad SMARTS) is 1. The smallest absolute Gasteiger partial charge is 0.335 e.